The van der Waals surface area contributed by atoms with Gasteiger partial charge in [0.2, 0.25) is 0 Å². The smallest absolute Gasteiger partial charge is 0.417 e. The average molecular weight is 515 g/mol. The van der Waals surface area contributed by atoms with Crippen LogP contribution in [0.1, 0.15) is 59.4 Å². The van der Waals surface area contributed by atoms with E-state index in [1.165, 1.54) is 12.1 Å². The van der Waals surface area contributed by atoms with Gasteiger partial charge < -0.3 is 4.74 Å². The molecular formula is C31H25F3N2O2. The van der Waals surface area contributed by atoms with Crippen LogP contribution in [0.2, 0.25) is 0 Å². The molecule has 0 radical (unpaired) electrons. The number of nitrogens with zero attached hydrogens (tertiary/aromatic N) is 2. The van der Waals surface area contributed by atoms with Crippen LogP contribution in [-0.2, 0) is 10.9 Å². The second-order valence-electron chi connectivity index (χ2n) is 10.1. The first-order valence-corrected chi connectivity index (χ1v) is 12.8. The number of piperidine rings is 1. The highest BCUT2D eigenvalue weighted by Gasteiger charge is 2.41. The van der Waals surface area contributed by atoms with Crippen molar-refractivity contribution in [2.24, 2.45) is 0 Å². The summed E-state index contributed by atoms with van der Waals surface area (Å²) in [6.45, 7) is 0.202. The van der Waals surface area contributed by atoms with Crippen LogP contribution >= 0.6 is 0 Å². The first kappa shape index (κ1) is 24.3. The number of alkyl halides is 3. The van der Waals surface area contributed by atoms with Gasteiger partial charge in [0.25, 0.3) is 0 Å². The van der Waals surface area contributed by atoms with E-state index in [2.05, 4.69) is 24.3 Å². The Bertz CT molecular complexity index is 1440. The summed E-state index contributed by atoms with van der Waals surface area (Å²) in [5, 5.41) is 9.10. The number of hydrogen-bond donors (Lipinski definition) is 0. The van der Waals surface area contributed by atoms with Gasteiger partial charge >= 0.3 is 12.3 Å². The summed E-state index contributed by atoms with van der Waals surface area (Å²) >= 11 is 0. The molecule has 3 aliphatic rings. The van der Waals surface area contributed by atoms with Gasteiger partial charge in [-0.25, -0.2) is 4.79 Å². The summed E-state index contributed by atoms with van der Waals surface area (Å²) in [5.41, 5.74) is 4.36. The number of carbonyl (C=O) groups is 1. The minimum atomic E-state index is -4.58. The van der Waals surface area contributed by atoms with Gasteiger partial charge in [-0.05, 0) is 71.2 Å². The third-order valence-corrected chi connectivity index (χ3v) is 7.98. The molecule has 1 fully saturated rings. The second-order valence-corrected chi connectivity index (χ2v) is 10.1. The second kappa shape index (κ2) is 9.36. The molecule has 2 heterocycles. The van der Waals surface area contributed by atoms with Gasteiger partial charge in [-0.3, -0.25) is 4.90 Å². The van der Waals surface area contributed by atoms with Crippen LogP contribution in [0, 0.1) is 11.3 Å². The Hall–Kier alpha value is -4.05. The molecule has 3 aromatic rings. The van der Waals surface area contributed by atoms with Crippen molar-refractivity contribution in [2.75, 3.05) is 6.61 Å². The average Bonchev–Trinajstić information content (AvgIpc) is 3.24. The Kier molecular flexibility index (Phi) is 5.98. The first-order valence-electron chi connectivity index (χ1n) is 12.8. The number of amides is 1. The summed E-state index contributed by atoms with van der Waals surface area (Å²) in [5.74, 6) is -0.0601. The van der Waals surface area contributed by atoms with Crippen molar-refractivity contribution in [1.82, 2.24) is 4.90 Å². The maximum atomic E-state index is 13.9. The van der Waals surface area contributed by atoms with Gasteiger partial charge in [-0.2, -0.15) is 18.4 Å². The topological polar surface area (TPSA) is 53.3 Å². The molecule has 2 bridgehead atoms. The molecule has 6 rings (SSSR count). The number of ether oxygens (including phenoxy) is 1. The number of nitriles is 1. The molecule has 1 saturated heterocycles. The van der Waals surface area contributed by atoms with E-state index in [1.54, 1.807) is 17.0 Å². The van der Waals surface area contributed by atoms with Crippen molar-refractivity contribution in [2.45, 2.75) is 49.9 Å². The van der Waals surface area contributed by atoms with Crippen molar-refractivity contribution in [3.8, 4) is 17.2 Å². The minimum absolute atomic E-state index is 0.0297. The predicted octanol–water partition coefficient (Wildman–Crippen LogP) is 7.54. The molecule has 38 heavy (non-hydrogen) atoms. The van der Waals surface area contributed by atoms with E-state index in [1.807, 2.05) is 24.3 Å². The van der Waals surface area contributed by atoms with E-state index in [9.17, 15) is 18.0 Å². The first-order chi connectivity index (χ1) is 18.3. The molecular weight excluding hydrogens is 489 g/mol. The van der Waals surface area contributed by atoms with E-state index >= 15 is 0 Å². The lowest BCUT2D eigenvalue weighted by Gasteiger charge is -2.44. The highest BCUT2D eigenvalue weighted by Crippen LogP contribution is 2.45. The Morgan fingerprint density at radius 1 is 0.974 bits per heavy atom. The zero-order valence-corrected chi connectivity index (χ0v) is 20.5. The van der Waals surface area contributed by atoms with Crippen molar-refractivity contribution in [1.29, 1.82) is 5.26 Å². The Morgan fingerprint density at radius 3 is 2.29 bits per heavy atom. The van der Waals surface area contributed by atoms with Gasteiger partial charge in [0, 0.05) is 12.0 Å². The number of halogens is 3. The number of carbonyl (C=O) groups excluding carboxylic acids is 1. The fourth-order valence-corrected chi connectivity index (χ4v) is 6.31. The summed E-state index contributed by atoms with van der Waals surface area (Å²) in [4.78, 5) is 15.1. The Balaban J connectivity index is 1.25. The van der Waals surface area contributed by atoms with Gasteiger partial charge in [0.1, 0.15) is 6.61 Å². The van der Waals surface area contributed by atoms with E-state index < -0.39 is 17.8 Å². The number of fused-ring (bicyclic) bond motifs is 5. The molecule has 2 atom stereocenters. The Morgan fingerprint density at radius 2 is 1.66 bits per heavy atom. The zero-order chi connectivity index (χ0) is 26.4. The zero-order valence-electron chi connectivity index (χ0n) is 20.5. The lowest BCUT2D eigenvalue weighted by molar-refractivity contribution is -0.137. The van der Waals surface area contributed by atoms with Crippen LogP contribution in [0.4, 0.5) is 18.0 Å². The molecule has 0 N–H and O–H groups in total. The highest BCUT2D eigenvalue weighted by atomic mass is 19.4. The maximum Gasteiger partial charge on any atom is 0.417 e. The summed E-state index contributed by atoms with van der Waals surface area (Å²) < 4.78 is 47.5. The molecule has 0 saturated carbocycles. The highest BCUT2D eigenvalue weighted by molar-refractivity contribution is 5.79. The summed E-state index contributed by atoms with van der Waals surface area (Å²) in [6.07, 6.45) is -0.637. The molecule has 1 amide bonds. The van der Waals surface area contributed by atoms with E-state index in [0.717, 1.165) is 34.7 Å². The molecule has 0 spiro atoms. The van der Waals surface area contributed by atoms with Crippen LogP contribution in [-0.4, -0.2) is 29.7 Å². The lowest BCUT2D eigenvalue weighted by atomic mass is 9.81. The van der Waals surface area contributed by atoms with Crippen molar-refractivity contribution < 1.29 is 22.7 Å². The fraction of sp³-hybridized carbons (Fsp3) is 0.290. The van der Waals surface area contributed by atoms with Crippen LogP contribution in [0.25, 0.3) is 16.7 Å². The SMILES string of the molecule is N#Cc1ccc(C2=CC3CCCC(C2)N3C(=O)OCC2c3ccccc3-c3ccccc32)c(C(F)(F)F)c1. The van der Waals surface area contributed by atoms with Crippen LogP contribution in [0.3, 0.4) is 0 Å². The number of benzene rings is 3. The van der Waals surface area contributed by atoms with Gasteiger partial charge in [-0.1, -0.05) is 60.7 Å². The fourth-order valence-electron chi connectivity index (χ4n) is 6.31. The standard InChI is InChI=1S/C31H25F3N2O2/c32-31(33,34)29-14-19(17-35)12-13-23(29)20-15-21-6-5-7-22(16-20)36(21)30(37)38-18-28-26-10-3-1-8-24(26)25-9-2-4-11-27(25)28/h1-4,8-15,21-22,28H,5-7,16,18H2. The molecule has 2 aliphatic heterocycles. The van der Waals surface area contributed by atoms with Gasteiger partial charge in [0.15, 0.2) is 0 Å². The van der Waals surface area contributed by atoms with Crippen LogP contribution in [0.15, 0.2) is 72.8 Å². The number of rotatable bonds is 3. The quantitative estimate of drug-likeness (QED) is 0.363. The van der Waals surface area contributed by atoms with Gasteiger partial charge in [0.05, 0.1) is 23.2 Å². The summed E-state index contributed by atoms with van der Waals surface area (Å²) in [6, 6.07) is 21.2. The molecule has 7 heteroatoms. The third-order valence-electron chi connectivity index (χ3n) is 7.98. The largest absolute Gasteiger partial charge is 0.448 e. The Labute approximate surface area is 219 Å². The lowest BCUT2D eigenvalue weighted by Crippen LogP contribution is -2.52. The van der Waals surface area contributed by atoms with Crippen molar-refractivity contribution in [3.63, 3.8) is 0 Å². The number of hydrogen-bond acceptors (Lipinski definition) is 3. The normalized spacial score (nSPS) is 20.3. The molecule has 192 valence electrons. The third kappa shape index (κ3) is 4.14. The molecule has 2 unspecified atom stereocenters. The van der Waals surface area contributed by atoms with E-state index in [4.69, 9.17) is 10.00 Å². The molecule has 3 aromatic carbocycles. The monoisotopic (exact) mass is 514 g/mol. The molecule has 4 nitrogen and oxygen atoms in total. The predicted molar refractivity (Wildman–Crippen MR) is 137 cm³/mol. The minimum Gasteiger partial charge on any atom is -0.448 e. The van der Waals surface area contributed by atoms with E-state index in [0.29, 0.717) is 24.8 Å². The molecule has 0 aromatic heterocycles. The summed E-state index contributed by atoms with van der Waals surface area (Å²) in [7, 11) is 0. The molecule has 1 aliphatic carbocycles. The van der Waals surface area contributed by atoms with Gasteiger partial charge in [-0.15, -0.1) is 0 Å². The van der Waals surface area contributed by atoms with Crippen molar-refractivity contribution in [3.05, 3.63) is 101 Å². The van der Waals surface area contributed by atoms with E-state index in [-0.39, 0.29) is 35.7 Å². The maximum absolute atomic E-state index is 13.9. The van der Waals surface area contributed by atoms with Crippen molar-refractivity contribution >= 4 is 11.7 Å². The van der Waals surface area contributed by atoms with Crippen LogP contribution in [0.5, 0.6) is 0 Å². The van der Waals surface area contributed by atoms with Crippen LogP contribution < -0.4 is 0 Å².